The molecule has 20 heavy (non-hydrogen) atoms. The van der Waals surface area contributed by atoms with Crippen LogP contribution in [0.2, 0.25) is 10.0 Å². The van der Waals surface area contributed by atoms with Gasteiger partial charge in [-0.3, -0.25) is 0 Å². The zero-order valence-electron chi connectivity index (χ0n) is 10.4. The van der Waals surface area contributed by atoms with Crippen LogP contribution in [0.25, 0.3) is 0 Å². The van der Waals surface area contributed by atoms with Crippen LogP contribution in [0.4, 0.5) is 15.9 Å². The van der Waals surface area contributed by atoms with Crippen molar-refractivity contribution >= 4 is 51.9 Å². The normalized spacial score (nSPS) is 10.4. The van der Waals surface area contributed by atoms with Crippen LogP contribution in [0.15, 0.2) is 24.4 Å². The third-order valence-electron chi connectivity index (χ3n) is 2.66. The first kappa shape index (κ1) is 15.0. The Kier molecular flexibility index (Phi) is 4.42. The molecule has 7 heteroatoms. The van der Waals surface area contributed by atoms with E-state index < -0.39 is 5.82 Å². The summed E-state index contributed by atoms with van der Waals surface area (Å²) in [6.07, 6.45) is 1.60. The highest BCUT2D eigenvalue weighted by atomic mass is 35.5. The van der Waals surface area contributed by atoms with Crippen LogP contribution in [0.1, 0.15) is 11.1 Å². The number of hydrogen-bond acceptors (Lipinski definition) is 3. The summed E-state index contributed by atoms with van der Waals surface area (Å²) >= 11 is 17.0. The third-order valence-corrected chi connectivity index (χ3v) is 3.46. The molecule has 104 valence electrons. The first-order valence-electron chi connectivity index (χ1n) is 5.57. The smallest absolute Gasteiger partial charge is 0.140 e. The summed E-state index contributed by atoms with van der Waals surface area (Å²) in [5.74, 6) is -0.0924. The maximum atomic E-state index is 13.2. The van der Waals surface area contributed by atoms with Gasteiger partial charge in [-0.1, -0.05) is 35.4 Å². The number of benzene rings is 1. The first-order chi connectivity index (χ1) is 9.40. The van der Waals surface area contributed by atoms with E-state index in [1.54, 1.807) is 12.3 Å². The molecule has 0 bridgehead atoms. The van der Waals surface area contributed by atoms with Crippen LogP contribution >= 0.6 is 35.4 Å². The molecular formula is C13H10Cl2FN3S. The van der Waals surface area contributed by atoms with Crippen LogP contribution < -0.4 is 11.1 Å². The number of hydrogen-bond donors (Lipinski definition) is 2. The van der Waals surface area contributed by atoms with E-state index in [1.165, 1.54) is 0 Å². The lowest BCUT2D eigenvalue weighted by molar-refractivity contribution is 0.628. The maximum absolute atomic E-state index is 13.2. The fraction of sp³-hybridized carbons (Fsp3) is 0.0769. The van der Waals surface area contributed by atoms with Crippen molar-refractivity contribution in [3.8, 4) is 0 Å². The molecule has 3 nitrogen and oxygen atoms in total. The fourth-order valence-corrected chi connectivity index (χ4v) is 2.56. The van der Waals surface area contributed by atoms with Gasteiger partial charge in [-0.15, -0.1) is 0 Å². The summed E-state index contributed by atoms with van der Waals surface area (Å²) < 4.78 is 13.2. The number of aromatic nitrogens is 1. The van der Waals surface area contributed by atoms with Crippen molar-refractivity contribution in [2.24, 2.45) is 5.73 Å². The number of aryl methyl sites for hydroxylation is 1. The van der Waals surface area contributed by atoms with Gasteiger partial charge in [0.05, 0.1) is 21.3 Å². The van der Waals surface area contributed by atoms with Gasteiger partial charge in [-0.2, -0.15) is 0 Å². The van der Waals surface area contributed by atoms with Crippen LogP contribution in [0.5, 0.6) is 0 Å². The number of nitrogens with zero attached hydrogens (tertiary/aromatic N) is 1. The molecule has 0 aliphatic heterocycles. The molecule has 0 saturated carbocycles. The van der Waals surface area contributed by atoms with Crippen molar-refractivity contribution in [3.63, 3.8) is 0 Å². The molecule has 0 fully saturated rings. The van der Waals surface area contributed by atoms with Gasteiger partial charge >= 0.3 is 0 Å². The van der Waals surface area contributed by atoms with Gasteiger partial charge < -0.3 is 11.1 Å². The van der Waals surface area contributed by atoms with E-state index in [1.807, 2.05) is 6.92 Å². The van der Waals surface area contributed by atoms with Crippen molar-refractivity contribution in [1.82, 2.24) is 4.98 Å². The van der Waals surface area contributed by atoms with Gasteiger partial charge in [0, 0.05) is 6.20 Å². The fourth-order valence-electron chi connectivity index (χ4n) is 1.74. The van der Waals surface area contributed by atoms with E-state index >= 15 is 0 Å². The van der Waals surface area contributed by atoms with Gasteiger partial charge in [0.15, 0.2) is 0 Å². The van der Waals surface area contributed by atoms with Crippen LogP contribution in [-0.4, -0.2) is 9.97 Å². The molecule has 0 aliphatic rings. The monoisotopic (exact) mass is 329 g/mol. The van der Waals surface area contributed by atoms with E-state index in [2.05, 4.69) is 10.3 Å². The minimum atomic E-state index is -0.516. The third kappa shape index (κ3) is 3.00. The van der Waals surface area contributed by atoms with Crippen molar-refractivity contribution in [2.75, 3.05) is 5.32 Å². The van der Waals surface area contributed by atoms with Crippen LogP contribution in [0.3, 0.4) is 0 Å². The Bertz CT molecular complexity index is 668. The van der Waals surface area contributed by atoms with Gasteiger partial charge in [0.2, 0.25) is 0 Å². The van der Waals surface area contributed by atoms with E-state index in [0.29, 0.717) is 17.1 Å². The predicted molar refractivity (Wildman–Crippen MR) is 84.6 cm³/mol. The van der Waals surface area contributed by atoms with Crippen molar-refractivity contribution in [3.05, 3.63) is 51.4 Å². The Balaban J connectivity index is 2.51. The molecular weight excluding hydrogens is 320 g/mol. The Morgan fingerprint density at radius 1 is 1.35 bits per heavy atom. The van der Waals surface area contributed by atoms with E-state index in [-0.39, 0.29) is 15.0 Å². The second-order valence-electron chi connectivity index (χ2n) is 4.09. The summed E-state index contributed by atoms with van der Waals surface area (Å²) in [4.78, 5) is 4.37. The minimum absolute atomic E-state index is 0.146. The zero-order valence-corrected chi connectivity index (χ0v) is 12.7. The van der Waals surface area contributed by atoms with Gasteiger partial charge in [-0.05, 0) is 30.7 Å². The molecule has 2 aromatic rings. The van der Waals surface area contributed by atoms with Crippen LogP contribution in [0, 0.1) is 12.7 Å². The lowest BCUT2D eigenvalue weighted by Crippen LogP contribution is -2.15. The van der Waals surface area contributed by atoms with E-state index in [4.69, 9.17) is 41.2 Å². The number of halogens is 3. The van der Waals surface area contributed by atoms with Crippen LogP contribution in [-0.2, 0) is 0 Å². The molecule has 0 atom stereocenters. The molecule has 2 rings (SSSR count). The molecule has 0 radical (unpaired) electrons. The van der Waals surface area contributed by atoms with Gasteiger partial charge in [-0.25, -0.2) is 9.37 Å². The molecule has 1 heterocycles. The number of thiocarbonyl (C=S) groups is 1. The SMILES string of the molecule is Cc1ccnc(Nc2c(Cl)cc(F)cc2Cl)c1C(N)=S. The molecule has 1 aromatic carbocycles. The van der Waals surface area contributed by atoms with Gasteiger partial charge in [0.1, 0.15) is 16.6 Å². The standard InChI is InChI=1S/C13H10Cl2FN3S/c1-6-2-3-18-13(10(6)12(17)20)19-11-8(14)4-7(16)5-9(11)15/h2-5H,1H3,(H2,17,20)(H,18,19). The van der Waals surface area contributed by atoms with Crippen molar-refractivity contribution in [2.45, 2.75) is 6.92 Å². The topological polar surface area (TPSA) is 50.9 Å². The number of nitrogens with one attached hydrogen (secondary N) is 1. The summed E-state index contributed by atoms with van der Waals surface area (Å²) in [5.41, 5.74) is 7.51. The Morgan fingerprint density at radius 3 is 2.50 bits per heavy atom. The quantitative estimate of drug-likeness (QED) is 0.828. The Hall–Kier alpha value is -1.43. The first-order valence-corrected chi connectivity index (χ1v) is 6.73. The number of anilines is 2. The zero-order chi connectivity index (χ0) is 14.9. The molecule has 0 saturated heterocycles. The minimum Gasteiger partial charge on any atom is -0.389 e. The summed E-state index contributed by atoms with van der Waals surface area (Å²) in [6.45, 7) is 1.86. The van der Waals surface area contributed by atoms with E-state index in [0.717, 1.165) is 17.7 Å². The highest BCUT2D eigenvalue weighted by Crippen LogP contribution is 2.34. The average molecular weight is 330 g/mol. The molecule has 1 aromatic heterocycles. The largest absolute Gasteiger partial charge is 0.389 e. The molecule has 0 amide bonds. The number of nitrogens with two attached hydrogens (primary N) is 1. The second-order valence-corrected chi connectivity index (χ2v) is 5.34. The molecule has 0 aliphatic carbocycles. The summed E-state index contributed by atoms with van der Waals surface area (Å²) in [7, 11) is 0. The highest BCUT2D eigenvalue weighted by molar-refractivity contribution is 7.80. The molecule has 0 spiro atoms. The van der Waals surface area contributed by atoms with Gasteiger partial charge in [0.25, 0.3) is 0 Å². The Labute approximate surface area is 130 Å². The molecule has 3 N–H and O–H groups in total. The molecule has 0 unspecified atom stereocenters. The second kappa shape index (κ2) is 5.91. The van der Waals surface area contributed by atoms with E-state index in [9.17, 15) is 4.39 Å². The van der Waals surface area contributed by atoms with Crippen molar-refractivity contribution < 1.29 is 4.39 Å². The summed E-state index contributed by atoms with van der Waals surface area (Å²) in [6, 6.07) is 4.10. The average Bonchev–Trinajstić information content (AvgIpc) is 2.33. The lowest BCUT2D eigenvalue weighted by Gasteiger charge is -2.14. The predicted octanol–water partition coefficient (Wildman–Crippen LogP) is 4.21. The Morgan fingerprint density at radius 2 is 1.95 bits per heavy atom. The van der Waals surface area contributed by atoms with Crippen molar-refractivity contribution in [1.29, 1.82) is 0 Å². The lowest BCUT2D eigenvalue weighted by atomic mass is 10.1. The number of rotatable bonds is 3. The maximum Gasteiger partial charge on any atom is 0.140 e. The summed E-state index contributed by atoms with van der Waals surface area (Å²) in [5, 5.41) is 3.24. The highest BCUT2D eigenvalue weighted by Gasteiger charge is 2.14. The number of pyridine rings is 1.